The third kappa shape index (κ3) is 5.02. The van der Waals surface area contributed by atoms with Gasteiger partial charge in [0.1, 0.15) is 0 Å². The number of hydrogen-bond donors (Lipinski definition) is 2. The van der Waals surface area contributed by atoms with Crippen LogP contribution in [0.25, 0.3) is 5.57 Å². The number of rotatable bonds is 7. The van der Waals surface area contributed by atoms with Crippen LogP contribution in [-0.2, 0) is 11.2 Å². The predicted octanol–water partition coefficient (Wildman–Crippen LogP) is 9.79. The zero-order chi connectivity index (χ0) is 35.0. The van der Waals surface area contributed by atoms with Crippen LogP contribution in [0.5, 0.6) is 0 Å². The highest BCUT2D eigenvalue weighted by Gasteiger charge is 2.71. The molecule has 2 N–H and O–H groups in total. The molecule has 1 heterocycles. The normalized spacial score (nSPS) is 39.0. The van der Waals surface area contributed by atoms with E-state index in [-0.39, 0.29) is 33.0 Å². The van der Waals surface area contributed by atoms with Crippen LogP contribution >= 0.6 is 0 Å². The molecule has 4 saturated carbocycles. The number of nitrogens with zero attached hydrogens (tertiary/aromatic N) is 1. The molecule has 5 aliphatic rings. The van der Waals surface area contributed by atoms with E-state index in [0.717, 1.165) is 49.8 Å². The molecule has 7 rings (SSSR count). The quantitative estimate of drug-likeness (QED) is 0.289. The Morgan fingerprint density at radius 3 is 2.33 bits per heavy atom. The molecule has 262 valence electrons. The molecular weight excluding hydrogens is 604 g/mol. The zero-order valence-corrected chi connectivity index (χ0v) is 30.8. The Hall–Kier alpha value is -3.21. The molecule has 0 bridgehead atoms. The van der Waals surface area contributed by atoms with Gasteiger partial charge >= 0.3 is 5.97 Å². The second-order valence-corrected chi connectivity index (χ2v) is 18.1. The first-order valence-corrected chi connectivity index (χ1v) is 19.1. The third-order valence-corrected chi connectivity index (χ3v) is 15.9. The van der Waals surface area contributed by atoms with Crippen molar-refractivity contribution in [3.8, 4) is 0 Å². The Kier molecular flexibility index (Phi) is 8.35. The van der Waals surface area contributed by atoms with Gasteiger partial charge < -0.3 is 10.4 Å². The highest BCUT2D eigenvalue weighted by molar-refractivity contribution is 5.88. The topological polar surface area (TPSA) is 79.3 Å². The third-order valence-electron chi connectivity index (χ3n) is 15.9. The fraction of sp³-hybridized carbons (Fsp3) is 0.614. The fourth-order valence-corrected chi connectivity index (χ4v) is 13.5. The molecule has 0 spiro atoms. The van der Waals surface area contributed by atoms with Crippen molar-refractivity contribution in [1.82, 2.24) is 10.3 Å². The maximum absolute atomic E-state index is 14.4. The number of carbonyl (C=O) groups is 2. The molecule has 1 aromatic carbocycles. The molecule has 49 heavy (non-hydrogen) atoms. The summed E-state index contributed by atoms with van der Waals surface area (Å²) >= 11 is 0. The Morgan fingerprint density at radius 2 is 1.65 bits per heavy atom. The molecule has 5 nitrogen and oxygen atoms in total. The van der Waals surface area contributed by atoms with Gasteiger partial charge in [0, 0.05) is 24.9 Å². The summed E-state index contributed by atoms with van der Waals surface area (Å²) in [5, 5.41) is 12.9. The lowest BCUT2D eigenvalue weighted by Crippen LogP contribution is -2.66. The number of carboxylic acid groups (broad SMARTS) is 1. The minimum absolute atomic E-state index is 0.0115. The first-order chi connectivity index (χ1) is 23.2. The smallest absolute Gasteiger partial charge is 0.335 e. The lowest BCUT2D eigenvalue weighted by Gasteiger charge is -2.72. The van der Waals surface area contributed by atoms with E-state index in [1.165, 1.54) is 36.8 Å². The van der Waals surface area contributed by atoms with Crippen molar-refractivity contribution in [2.45, 2.75) is 106 Å². The van der Waals surface area contributed by atoms with E-state index < -0.39 is 5.97 Å². The summed E-state index contributed by atoms with van der Waals surface area (Å²) in [7, 11) is 0. The second-order valence-electron chi connectivity index (χ2n) is 18.1. The Balaban J connectivity index is 1.18. The van der Waals surface area contributed by atoms with Crippen molar-refractivity contribution >= 4 is 17.4 Å². The van der Waals surface area contributed by atoms with Gasteiger partial charge in [-0.05, 0) is 151 Å². The van der Waals surface area contributed by atoms with Crippen LogP contribution in [0.4, 0.5) is 0 Å². The summed E-state index contributed by atoms with van der Waals surface area (Å²) in [6.45, 7) is 20.2. The SMILES string of the molecule is C=C(C)C1CCC2(C(=O)NCCc3ccccn3)CCC3(C)C(CCC4C5(C)CC=C(c6ccc(C(=O)O)cc6)C(C)(C)C5CCC43C)C12. The monoisotopic (exact) mass is 662 g/mol. The number of hydrogen-bond acceptors (Lipinski definition) is 3. The van der Waals surface area contributed by atoms with Crippen molar-refractivity contribution in [1.29, 1.82) is 0 Å². The highest BCUT2D eigenvalue weighted by atomic mass is 16.4. The van der Waals surface area contributed by atoms with Gasteiger partial charge in [0.2, 0.25) is 5.91 Å². The first kappa shape index (κ1) is 34.2. The molecular formula is C44H58N2O3. The maximum Gasteiger partial charge on any atom is 0.335 e. The molecule has 0 saturated heterocycles. The van der Waals surface area contributed by atoms with Crippen molar-refractivity contribution < 1.29 is 14.7 Å². The van der Waals surface area contributed by atoms with Crippen molar-refractivity contribution in [3.05, 3.63) is 83.7 Å². The summed E-state index contributed by atoms with van der Waals surface area (Å²) in [5.74, 6) is 1.86. The minimum atomic E-state index is -0.875. The van der Waals surface area contributed by atoms with Gasteiger partial charge in [-0.2, -0.15) is 0 Å². The van der Waals surface area contributed by atoms with Crippen molar-refractivity contribution in [3.63, 3.8) is 0 Å². The predicted molar refractivity (Wildman–Crippen MR) is 197 cm³/mol. The highest BCUT2D eigenvalue weighted by Crippen LogP contribution is 2.77. The molecule has 1 amide bonds. The largest absolute Gasteiger partial charge is 0.478 e. The molecule has 0 radical (unpaired) electrons. The molecule has 1 aromatic heterocycles. The lowest BCUT2D eigenvalue weighted by atomic mass is 9.32. The van der Waals surface area contributed by atoms with Crippen molar-refractivity contribution in [2.24, 2.45) is 56.7 Å². The molecule has 5 heteroatoms. The maximum atomic E-state index is 14.4. The average Bonchev–Trinajstić information content (AvgIpc) is 3.47. The number of carboxylic acids is 1. The first-order valence-electron chi connectivity index (χ1n) is 19.1. The summed E-state index contributed by atoms with van der Waals surface area (Å²) in [4.78, 5) is 30.4. The molecule has 4 fully saturated rings. The Morgan fingerprint density at radius 1 is 0.898 bits per heavy atom. The number of fused-ring (bicyclic) bond motifs is 7. The Labute approximate surface area is 294 Å². The lowest BCUT2D eigenvalue weighted by molar-refractivity contribution is -0.225. The van der Waals surface area contributed by atoms with E-state index in [9.17, 15) is 14.7 Å². The van der Waals surface area contributed by atoms with Crippen LogP contribution < -0.4 is 5.32 Å². The van der Waals surface area contributed by atoms with Crippen LogP contribution in [-0.4, -0.2) is 28.5 Å². The number of pyridine rings is 1. The number of carbonyl (C=O) groups excluding carboxylic acids is 1. The van der Waals surface area contributed by atoms with Gasteiger partial charge in [0.25, 0.3) is 0 Å². The number of benzene rings is 1. The summed E-state index contributed by atoms with van der Waals surface area (Å²) in [6, 6.07) is 13.6. The van der Waals surface area contributed by atoms with E-state index in [1.54, 1.807) is 12.1 Å². The summed E-state index contributed by atoms with van der Waals surface area (Å²) in [5.41, 5.74) is 5.43. The van der Waals surface area contributed by atoms with Gasteiger partial charge in [-0.1, -0.05) is 71.0 Å². The average molecular weight is 663 g/mol. The van der Waals surface area contributed by atoms with E-state index in [0.29, 0.717) is 41.7 Å². The van der Waals surface area contributed by atoms with Gasteiger partial charge in [0.15, 0.2) is 0 Å². The van der Waals surface area contributed by atoms with Crippen LogP contribution in [0.3, 0.4) is 0 Å². The molecule has 2 aromatic rings. The van der Waals surface area contributed by atoms with E-state index in [4.69, 9.17) is 0 Å². The van der Waals surface area contributed by atoms with Crippen LogP contribution in [0.2, 0.25) is 0 Å². The number of aromatic nitrogens is 1. The number of nitrogens with one attached hydrogen (secondary N) is 1. The van der Waals surface area contributed by atoms with Crippen molar-refractivity contribution in [2.75, 3.05) is 6.54 Å². The zero-order valence-electron chi connectivity index (χ0n) is 30.8. The van der Waals surface area contributed by atoms with Gasteiger partial charge in [-0.3, -0.25) is 9.78 Å². The van der Waals surface area contributed by atoms with Gasteiger partial charge in [0.05, 0.1) is 11.0 Å². The van der Waals surface area contributed by atoms with E-state index in [1.807, 2.05) is 36.5 Å². The molecule has 5 aliphatic carbocycles. The second kappa shape index (κ2) is 11.9. The van der Waals surface area contributed by atoms with Gasteiger partial charge in [-0.15, -0.1) is 0 Å². The molecule has 0 aliphatic heterocycles. The number of amides is 1. The Bertz CT molecular complexity index is 1660. The minimum Gasteiger partial charge on any atom is -0.478 e. The molecule has 9 atom stereocenters. The number of aromatic carboxylic acids is 1. The fourth-order valence-electron chi connectivity index (χ4n) is 13.5. The standard InChI is InChI=1S/C44H58N2O3/c1-28(2)32-17-23-44(39(49)46-27-20-31-10-8-9-26-45-31)25-24-42(6)34(37(32)44)15-16-36-41(5)21-18-33(29-11-13-30(14-12-29)38(47)48)40(3,4)35(41)19-22-43(36,42)7/h8-14,18,26,32,34-37H,1,15-17,19-25,27H2,2-7H3,(H,46,49)(H,47,48). The summed E-state index contributed by atoms with van der Waals surface area (Å²) in [6.07, 6.45) is 15.2. The van der Waals surface area contributed by atoms with Crippen LogP contribution in [0.15, 0.2) is 66.9 Å². The number of allylic oxidation sites excluding steroid dienone is 3. The van der Waals surface area contributed by atoms with Crippen LogP contribution in [0, 0.1) is 56.7 Å². The van der Waals surface area contributed by atoms with E-state index in [2.05, 4.69) is 64.5 Å². The molecule has 9 unspecified atom stereocenters. The summed E-state index contributed by atoms with van der Waals surface area (Å²) < 4.78 is 0. The van der Waals surface area contributed by atoms with Crippen LogP contribution in [0.1, 0.15) is 121 Å². The van der Waals surface area contributed by atoms with E-state index >= 15 is 0 Å². The van der Waals surface area contributed by atoms with Gasteiger partial charge in [-0.25, -0.2) is 4.79 Å².